The highest BCUT2D eigenvalue weighted by molar-refractivity contribution is 6.90. The van der Waals surface area contributed by atoms with Gasteiger partial charge in [-0.15, -0.1) is 0 Å². The largest absolute Gasteiger partial charge is 0.212 e. The zero-order valence-corrected chi connectivity index (χ0v) is 78.2. The van der Waals surface area contributed by atoms with Crippen LogP contribution in [-0.2, 0) is 34.6 Å². The third kappa shape index (κ3) is 23.2. The van der Waals surface area contributed by atoms with Gasteiger partial charge in [0.1, 0.15) is 28.2 Å². The second-order valence-electron chi connectivity index (χ2n) is 36.5. The number of aryl methyl sites for hydroxylation is 9. The second kappa shape index (κ2) is 39.1. The van der Waals surface area contributed by atoms with E-state index in [1.807, 2.05) is 0 Å². The first kappa shape index (κ1) is 90.0. The van der Waals surface area contributed by atoms with Crippen molar-refractivity contribution in [2.45, 2.75) is 316 Å². The van der Waals surface area contributed by atoms with Crippen molar-refractivity contribution >= 4 is 53.0 Å². The average molecular weight is 1490 g/mol. The van der Waals surface area contributed by atoms with E-state index in [1.165, 1.54) is 154 Å². The van der Waals surface area contributed by atoms with E-state index in [9.17, 15) is 0 Å². The average Bonchev–Trinajstić information content (AvgIpc) is 0.788. The Bertz CT molecular complexity index is 4120. The highest BCUT2D eigenvalue weighted by atomic mass is 28.3. The molecule has 4 nitrogen and oxygen atoms in total. The van der Waals surface area contributed by atoms with Crippen molar-refractivity contribution < 1.29 is 18.3 Å². The van der Waals surface area contributed by atoms with Gasteiger partial charge >= 0.3 is 0 Å². The molecular formula is C97H154N4Si4+4. The summed E-state index contributed by atoms with van der Waals surface area (Å²) in [6, 6.07) is 38.0. The van der Waals surface area contributed by atoms with Gasteiger partial charge < -0.3 is 0 Å². The van der Waals surface area contributed by atoms with Crippen LogP contribution >= 0.6 is 0 Å². The van der Waals surface area contributed by atoms with Crippen molar-refractivity contribution in [3.05, 3.63) is 189 Å². The zero-order valence-electron chi connectivity index (χ0n) is 74.2. The Balaban J connectivity index is 0.000000252. The first-order valence-corrected chi connectivity index (χ1v) is 55.6. The molecule has 4 heterocycles. The SMILES string of the molecule is CCC(CC)c1c[n+](C)c(-c2ccc(C(C)C)cc2C)cc1[Si](C)(C)C.CCC(CC)c1c[n+](C)c(-c2ccc(C)cc2C)cc1[Si](C)(C)C.CCC(CC)c1c[n+](C)c(-c2ccc(CC(C)C)cc2C)cc1[Si](C)(C)C.CCC(CC)c1ccc(C)c(-c2cc([Si](C)(C)C)c(C(CC)CC)c[n+]2C)c1. The lowest BCUT2D eigenvalue weighted by atomic mass is 9.90. The summed E-state index contributed by atoms with van der Waals surface area (Å²) in [6.07, 6.45) is 23.0. The van der Waals surface area contributed by atoms with E-state index < -0.39 is 32.3 Å². The third-order valence-electron chi connectivity index (χ3n) is 23.2. The van der Waals surface area contributed by atoms with Crippen LogP contribution in [0.2, 0.25) is 78.6 Å². The van der Waals surface area contributed by atoms with E-state index in [-0.39, 0.29) is 0 Å². The molecule has 0 N–H and O–H groups in total. The van der Waals surface area contributed by atoms with Gasteiger partial charge in [0.05, 0.1) is 32.3 Å². The summed E-state index contributed by atoms with van der Waals surface area (Å²) < 4.78 is 9.45. The molecule has 0 unspecified atom stereocenters. The van der Waals surface area contributed by atoms with Gasteiger partial charge in [0, 0.05) is 68.8 Å². The molecule has 8 heteroatoms. The second-order valence-corrected chi connectivity index (χ2v) is 56.6. The molecule has 0 atom stereocenters. The molecule has 0 bridgehead atoms. The standard InChI is InChI=1S/C26H42NSi.C25H40NSi.C24H38NSi.C22H34NSi/c1-10-20(11-2)22-15-14-19(5)23(16-22)25-17-26(28(7,8)9)24(18-27(25)6)21(12-3)13-4;1-10-21(11-2)23-17-26(6)24(16-25(23)27(7,8)9)22-13-12-20(14-18(3)4)15-19(22)5;1-10-19(11-2)22-16-25(6)23(15-24(22)26(7,8)9)21-13-12-20(17(3)4)14-18(21)5;1-9-18(10-2)20-15-23(5)21(14-22(20)24(6,7)8)19-12-11-16(3)13-17(19)4/h14-18,20-21H,10-13H2,1-9H3;12-13,15-18,21H,10-11,14H2,1-9H3;12-17,19H,10-11H2,1-9H3;11-15,18H,9-10H2,1-8H3/q4*+1. The van der Waals surface area contributed by atoms with E-state index in [1.54, 1.807) is 43.0 Å². The van der Waals surface area contributed by atoms with Crippen LogP contribution in [0.25, 0.3) is 45.0 Å². The number of hydrogen-bond acceptors (Lipinski definition) is 0. The number of aromatic nitrogens is 4. The molecule has 4 aromatic carbocycles. The molecule has 0 saturated heterocycles. The van der Waals surface area contributed by atoms with Crippen LogP contribution in [0.3, 0.4) is 0 Å². The number of benzene rings is 4. The molecule has 4 aromatic heterocycles. The minimum Gasteiger partial charge on any atom is -0.201 e. The Morgan fingerprint density at radius 1 is 0.286 bits per heavy atom. The summed E-state index contributed by atoms with van der Waals surface area (Å²) >= 11 is 0. The van der Waals surface area contributed by atoms with Crippen molar-refractivity contribution in [3.8, 4) is 45.0 Å². The van der Waals surface area contributed by atoms with Crippen molar-refractivity contribution in [3.63, 3.8) is 0 Å². The Morgan fingerprint density at radius 2 is 0.571 bits per heavy atom. The number of nitrogens with zero attached hydrogens (tertiary/aromatic N) is 4. The lowest BCUT2D eigenvalue weighted by Gasteiger charge is -2.25. The summed E-state index contributed by atoms with van der Waals surface area (Å²) in [5.41, 5.74) is 28.5. The lowest BCUT2D eigenvalue weighted by molar-refractivity contribution is -0.660. The molecule has 105 heavy (non-hydrogen) atoms. The minimum atomic E-state index is -1.44. The molecular weight excluding hydrogens is 1330 g/mol. The maximum absolute atomic E-state index is 2.54. The van der Waals surface area contributed by atoms with Crippen LogP contribution < -0.4 is 39.0 Å². The minimum absolute atomic E-state index is 0.575. The van der Waals surface area contributed by atoms with E-state index in [4.69, 9.17) is 0 Å². The summed E-state index contributed by atoms with van der Waals surface area (Å²) in [5.74, 6) is 4.60. The number of pyridine rings is 4. The summed E-state index contributed by atoms with van der Waals surface area (Å²) in [4.78, 5) is 0. The normalized spacial score (nSPS) is 12.2. The predicted molar refractivity (Wildman–Crippen MR) is 477 cm³/mol. The van der Waals surface area contributed by atoms with Gasteiger partial charge in [-0.2, -0.15) is 0 Å². The van der Waals surface area contributed by atoms with Crippen LogP contribution in [0.15, 0.2) is 122 Å². The van der Waals surface area contributed by atoms with Crippen LogP contribution in [0.5, 0.6) is 0 Å². The van der Waals surface area contributed by atoms with Crippen molar-refractivity contribution in [1.82, 2.24) is 0 Å². The van der Waals surface area contributed by atoms with Gasteiger partial charge in [-0.25, -0.2) is 18.3 Å². The monoisotopic (exact) mass is 1490 g/mol. The topological polar surface area (TPSA) is 15.5 Å². The Kier molecular flexibility index (Phi) is 33.5. The molecule has 8 rings (SSSR count). The van der Waals surface area contributed by atoms with Crippen molar-refractivity contribution in [1.29, 1.82) is 0 Å². The van der Waals surface area contributed by atoms with Crippen LogP contribution in [0, 0.1) is 40.5 Å². The Morgan fingerprint density at radius 3 is 0.848 bits per heavy atom. The molecule has 0 radical (unpaired) electrons. The third-order valence-corrected chi connectivity index (χ3v) is 31.4. The van der Waals surface area contributed by atoms with E-state index in [0.717, 1.165) is 6.42 Å². The number of hydrogen-bond donors (Lipinski definition) is 0. The first-order valence-electron chi connectivity index (χ1n) is 41.6. The van der Waals surface area contributed by atoms with Crippen LogP contribution in [0.4, 0.5) is 0 Å². The summed E-state index contributed by atoms with van der Waals surface area (Å²) in [7, 11) is 3.18. The molecule has 0 fully saturated rings. The molecule has 0 aliphatic carbocycles. The Hall–Kier alpha value is -5.65. The van der Waals surface area contributed by atoms with Gasteiger partial charge in [-0.1, -0.05) is 230 Å². The zero-order chi connectivity index (χ0) is 79.1. The van der Waals surface area contributed by atoms with E-state index in [0.29, 0.717) is 41.4 Å². The molecule has 0 spiro atoms. The fourth-order valence-corrected chi connectivity index (χ4v) is 23.4. The van der Waals surface area contributed by atoms with E-state index >= 15 is 0 Å². The van der Waals surface area contributed by atoms with Crippen molar-refractivity contribution in [2.24, 2.45) is 34.1 Å². The summed E-state index contributed by atoms with van der Waals surface area (Å²) in [6.45, 7) is 73.3. The van der Waals surface area contributed by atoms with Gasteiger partial charge in [0.15, 0.2) is 24.8 Å². The van der Waals surface area contributed by atoms with Crippen LogP contribution in [-0.4, -0.2) is 32.3 Å². The Labute approximate surface area is 650 Å². The first-order chi connectivity index (χ1) is 49.0. The quantitative estimate of drug-likeness (QED) is 0.0379. The van der Waals surface area contributed by atoms with E-state index in [2.05, 4.69) is 378 Å². The number of rotatable bonds is 26. The molecule has 0 amide bonds. The fraction of sp³-hybridized carbons (Fsp3) is 0.546. The fourth-order valence-electron chi connectivity index (χ4n) is 16.5. The van der Waals surface area contributed by atoms with Gasteiger partial charge in [-0.05, 0) is 231 Å². The van der Waals surface area contributed by atoms with Crippen LogP contribution in [0.1, 0.15) is 263 Å². The van der Waals surface area contributed by atoms with Gasteiger partial charge in [0.2, 0.25) is 22.8 Å². The highest BCUT2D eigenvalue weighted by Gasteiger charge is 2.34. The molecule has 0 aliphatic heterocycles. The van der Waals surface area contributed by atoms with Crippen molar-refractivity contribution in [2.75, 3.05) is 0 Å². The maximum Gasteiger partial charge on any atom is 0.212 e. The molecule has 0 saturated carbocycles. The highest BCUT2D eigenvalue weighted by Crippen LogP contribution is 2.35. The van der Waals surface area contributed by atoms with Gasteiger partial charge in [-0.3, -0.25) is 0 Å². The lowest BCUT2D eigenvalue weighted by Crippen LogP contribution is -2.45. The smallest absolute Gasteiger partial charge is 0.201 e. The molecule has 574 valence electrons. The molecule has 0 aliphatic rings. The van der Waals surface area contributed by atoms with Gasteiger partial charge in [0.25, 0.3) is 0 Å². The predicted octanol–water partition coefficient (Wildman–Crippen LogP) is 24.3. The summed E-state index contributed by atoms with van der Waals surface area (Å²) in [5, 5.41) is 6.53. The maximum atomic E-state index is 2.54. The molecule has 8 aromatic rings.